The van der Waals surface area contributed by atoms with Crippen LogP contribution < -0.4 is 0 Å². The lowest BCUT2D eigenvalue weighted by atomic mass is 10.0. The highest BCUT2D eigenvalue weighted by Crippen LogP contribution is 2.32. The minimum atomic E-state index is -0.710. The van der Waals surface area contributed by atoms with Crippen LogP contribution in [-0.4, -0.2) is 5.11 Å². The second-order valence-corrected chi connectivity index (χ2v) is 4.40. The summed E-state index contributed by atoms with van der Waals surface area (Å²) in [4.78, 5) is 0. The van der Waals surface area contributed by atoms with Crippen LogP contribution in [0.15, 0.2) is 59.0 Å². The summed E-state index contributed by atoms with van der Waals surface area (Å²) < 4.78 is 5.77. The first-order valence-corrected chi connectivity index (χ1v) is 5.98. The van der Waals surface area contributed by atoms with Crippen molar-refractivity contribution in [2.24, 2.45) is 0 Å². The average molecular weight is 238 g/mol. The van der Waals surface area contributed by atoms with Gasteiger partial charge in [-0.25, -0.2) is 0 Å². The number of aliphatic hydroxyl groups excluding tert-OH is 1. The number of aliphatic hydroxyl groups is 1. The van der Waals surface area contributed by atoms with Crippen molar-refractivity contribution < 1.29 is 9.52 Å². The molecule has 3 aromatic rings. The van der Waals surface area contributed by atoms with Gasteiger partial charge in [0.25, 0.3) is 0 Å². The average Bonchev–Trinajstić information content (AvgIpc) is 2.77. The van der Waals surface area contributed by atoms with E-state index >= 15 is 0 Å². The van der Waals surface area contributed by atoms with E-state index in [0.717, 1.165) is 22.1 Å². The van der Waals surface area contributed by atoms with Crippen molar-refractivity contribution in [2.45, 2.75) is 13.0 Å². The highest BCUT2D eigenvalue weighted by molar-refractivity contribution is 5.82. The van der Waals surface area contributed by atoms with Crippen LogP contribution in [0.5, 0.6) is 0 Å². The van der Waals surface area contributed by atoms with Crippen LogP contribution in [0.3, 0.4) is 0 Å². The first kappa shape index (κ1) is 11.1. The molecule has 0 bridgehead atoms. The van der Waals surface area contributed by atoms with Crippen LogP contribution in [0.25, 0.3) is 11.0 Å². The summed E-state index contributed by atoms with van der Waals surface area (Å²) in [6.07, 6.45) is -0.710. The largest absolute Gasteiger partial charge is 0.458 e. The Morgan fingerprint density at radius 1 is 0.944 bits per heavy atom. The summed E-state index contributed by atoms with van der Waals surface area (Å²) in [5, 5.41) is 11.4. The fourth-order valence-corrected chi connectivity index (χ4v) is 2.24. The number of benzene rings is 2. The quantitative estimate of drug-likeness (QED) is 0.736. The van der Waals surface area contributed by atoms with Crippen LogP contribution in [0.1, 0.15) is 23.0 Å². The number of aryl methyl sites for hydroxylation is 1. The Morgan fingerprint density at radius 2 is 1.61 bits per heavy atom. The molecule has 0 radical (unpaired) electrons. The highest BCUT2D eigenvalue weighted by atomic mass is 16.4. The summed E-state index contributed by atoms with van der Waals surface area (Å²) in [7, 11) is 0. The normalized spacial score (nSPS) is 12.8. The predicted molar refractivity (Wildman–Crippen MR) is 71.5 cm³/mol. The van der Waals surface area contributed by atoms with E-state index in [1.807, 2.05) is 61.5 Å². The Hall–Kier alpha value is -2.06. The molecule has 0 spiro atoms. The molecule has 0 saturated carbocycles. The molecule has 0 aliphatic heterocycles. The second kappa shape index (κ2) is 4.31. The maximum atomic E-state index is 10.4. The Bertz CT molecular complexity index is 668. The van der Waals surface area contributed by atoms with Crippen LogP contribution in [0.4, 0.5) is 0 Å². The molecule has 0 fully saturated rings. The summed E-state index contributed by atoms with van der Waals surface area (Å²) in [5.74, 6) is 0.627. The third-order valence-electron chi connectivity index (χ3n) is 3.24. The van der Waals surface area contributed by atoms with Crippen LogP contribution in [0, 0.1) is 6.92 Å². The van der Waals surface area contributed by atoms with Gasteiger partial charge in [-0.2, -0.15) is 0 Å². The Balaban J connectivity index is 2.12. The molecular formula is C16H14O2. The molecule has 0 aliphatic carbocycles. The minimum Gasteiger partial charge on any atom is -0.458 e. The fraction of sp³-hybridized carbons (Fsp3) is 0.125. The third kappa shape index (κ3) is 1.71. The van der Waals surface area contributed by atoms with Crippen molar-refractivity contribution in [3.63, 3.8) is 0 Å². The first-order valence-electron chi connectivity index (χ1n) is 5.98. The van der Waals surface area contributed by atoms with Gasteiger partial charge in [-0.05, 0) is 18.6 Å². The van der Waals surface area contributed by atoms with Crippen molar-refractivity contribution in [3.05, 3.63) is 71.5 Å². The molecule has 1 unspecified atom stereocenters. The van der Waals surface area contributed by atoms with E-state index in [4.69, 9.17) is 4.42 Å². The van der Waals surface area contributed by atoms with Gasteiger partial charge in [-0.15, -0.1) is 0 Å². The van der Waals surface area contributed by atoms with Gasteiger partial charge in [-0.1, -0.05) is 48.5 Å². The molecule has 1 aromatic heterocycles. The van der Waals surface area contributed by atoms with E-state index < -0.39 is 6.10 Å². The molecule has 2 heteroatoms. The molecule has 1 N–H and O–H groups in total. The van der Waals surface area contributed by atoms with Crippen LogP contribution in [0.2, 0.25) is 0 Å². The second-order valence-electron chi connectivity index (χ2n) is 4.40. The van der Waals surface area contributed by atoms with E-state index in [1.54, 1.807) is 0 Å². The van der Waals surface area contributed by atoms with Gasteiger partial charge in [0, 0.05) is 10.9 Å². The van der Waals surface area contributed by atoms with E-state index in [2.05, 4.69) is 0 Å². The summed E-state index contributed by atoms with van der Waals surface area (Å²) in [6, 6.07) is 17.4. The predicted octanol–water partition coefficient (Wildman–Crippen LogP) is 3.82. The molecule has 90 valence electrons. The first-order chi connectivity index (χ1) is 8.77. The van der Waals surface area contributed by atoms with Crippen molar-refractivity contribution in [2.75, 3.05) is 0 Å². The van der Waals surface area contributed by atoms with Crippen molar-refractivity contribution in [1.29, 1.82) is 0 Å². The monoisotopic (exact) mass is 238 g/mol. The van der Waals surface area contributed by atoms with E-state index in [1.165, 1.54) is 0 Å². The summed E-state index contributed by atoms with van der Waals surface area (Å²) in [5.41, 5.74) is 2.67. The van der Waals surface area contributed by atoms with Crippen LogP contribution in [-0.2, 0) is 0 Å². The smallest absolute Gasteiger partial charge is 0.141 e. The lowest BCUT2D eigenvalue weighted by Gasteiger charge is -2.08. The maximum absolute atomic E-state index is 10.4. The number of hydrogen-bond donors (Lipinski definition) is 1. The standard InChI is InChI=1S/C16H14O2/c1-11-13-9-5-6-10-14(13)18-16(11)15(17)12-7-3-2-4-8-12/h2-10,15,17H,1H3. The van der Waals surface area contributed by atoms with E-state index in [9.17, 15) is 5.11 Å². The summed E-state index contributed by atoms with van der Waals surface area (Å²) in [6.45, 7) is 1.98. The number of rotatable bonds is 2. The molecule has 0 aliphatic rings. The topological polar surface area (TPSA) is 33.4 Å². The van der Waals surface area contributed by atoms with Crippen molar-refractivity contribution in [3.8, 4) is 0 Å². The zero-order valence-electron chi connectivity index (χ0n) is 10.1. The van der Waals surface area contributed by atoms with Gasteiger partial charge < -0.3 is 9.52 Å². The number of fused-ring (bicyclic) bond motifs is 1. The minimum absolute atomic E-state index is 0.627. The highest BCUT2D eigenvalue weighted by Gasteiger charge is 2.19. The van der Waals surface area contributed by atoms with Crippen molar-refractivity contribution in [1.82, 2.24) is 0 Å². The van der Waals surface area contributed by atoms with Gasteiger partial charge in [0.05, 0.1) is 0 Å². The Kier molecular flexibility index (Phi) is 2.65. The molecule has 18 heavy (non-hydrogen) atoms. The SMILES string of the molecule is Cc1c(C(O)c2ccccc2)oc2ccccc12. The molecule has 0 amide bonds. The summed E-state index contributed by atoms with van der Waals surface area (Å²) >= 11 is 0. The van der Waals surface area contributed by atoms with Gasteiger partial charge in [0.15, 0.2) is 0 Å². The molecule has 2 aromatic carbocycles. The third-order valence-corrected chi connectivity index (χ3v) is 3.24. The number of para-hydroxylation sites is 1. The molecule has 3 rings (SSSR count). The molecule has 0 saturated heterocycles. The van der Waals surface area contributed by atoms with E-state index in [-0.39, 0.29) is 0 Å². The van der Waals surface area contributed by atoms with Gasteiger partial charge in [0.2, 0.25) is 0 Å². The zero-order chi connectivity index (χ0) is 12.5. The number of hydrogen-bond acceptors (Lipinski definition) is 2. The number of furan rings is 1. The lowest BCUT2D eigenvalue weighted by Crippen LogP contribution is -1.99. The molecule has 1 heterocycles. The van der Waals surface area contributed by atoms with Gasteiger partial charge in [-0.3, -0.25) is 0 Å². The lowest BCUT2D eigenvalue weighted by molar-refractivity contribution is 0.191. The zero-order valence-corrected chi connectivity index (χ0v) is 10.1. The van der Waals surface area contributed by atoms with Crippen LogP contribution >= 0.6 is 0 Å². The van der Waals surface area contributed by atoms with Gasteiger partial charge >= 0.3 is 0 Å². The fourth-order valence-electron chi connectivity index (χ4n) is 2.24. The Morgan fingerprint density at radius 3 is 2.33 bits per heavy atom. The molecule has 1 atom stereocenters. The van der Waals surface area contributed by atoms with Gasteiger partial charge in [0.1, 0.15) is 17.4 Å². The van der Waals surface area contributed by atoms with Crippen molar-refractivity contribution >= 4 is 11.0 Å². The molecule has 2 nitrogen and oxygen atoms in total. The molecular weight excluding hydrogens is 224 g/mol. The maximum Gasteiger partial charge on any atom is 0.141 e. The van der Waals surface area contributed by atoms with E-state index in [0.29, 0.717) is 5.76 Å². The Labute approximate surface area is 105 Å².